The van der Waals surface area contributed by atoms with Crippen LogP contribution < -0.4 is 0 Å². The summed E-state index contributed by atoms with van der Waals surface area (Å²) in [7, 11) is 3.50. The van der Waals surface area contributed by atoms with Crippen molar-refractivity contribution in [2.75, 3.05) is 27.2 Å². The molecular weight excluding hydrogens is 416 g/mol. The molecule has 0 aromatic heterocycles. The number of imide groups is 1. The van der Waals surface area contributed by atoms with Gasteiger partial charge in [-0.2, -0.15) is 0 Å². The third-order valence-electron chi connectivity index (χ3n) is 6.74. The first kappa shape index (κ1) is 21.3. The van der Waals surface area contributed by atoms with E-state index in [9.17, 15) is 14.4 Å². The van der Waals surface area contributed by atoms with Gasteiger partial charge >= 0.3 is 5.97 Å². The molecule has 2 heterocycles. The van der Waals surface area contributed by atoms with Crippen molar-refractivity contribution in [1.29, 1.82) is 0 Å². The Kier molecular flexibility index (Phi) is 5.46. The average molecular weight is 443 g/mol. The number of carbonyl (C=O) groups excluding carboxylic acids is 3. The van der Waals surface area contributed by atoms with Crippen LogP contribution in [0.25, 0.3) is 17.3 Å². The summed E-state index contributed by atoms with van der Waals surface area (Å²) < 4.78 is 4.98. The zero-order valence-electron chi connectivity index (χ0n) is 18.9. The fourth-order valence-corrected chi connectivity index (χ4v) is 4.99. The van der Waals surface area contributed by atoms with E-state index in [0.717, 1.165) is 53.8 Å². The van der Waals surface area contributed by atoms with Crippen LogP contribution >= 0.6 is 0 Å². The Morgan fingerprint density at radius 3 is 2.21 bits per heavy atom. The van der Waals surface area contributed by atoms with Crippen LogP contribution in [0.1, 0.15) is 58.3 Å². The van der Waals surface area contributed by atoms with Gasteiger partial charge in [0.05, 0.1) is 18.4 Å². The number of likely N-dealkylation sites (tertiary alicyclic amines) is 2. The molecule has 0 spiro atoms. The molecule has 0 saturated carbocycles. The first-order chi connectivity index (χ1) is 16.0. The van der Waals surface area contributed by atoms with E-state index in [4.69, 9.17) is 4.74 Å². The molecule has 1 aliphatic carbocycles. The molecule has 0 bridgehead atoms. The molecule has 2 amide bonds. The molecule has 0 radical (unpaired) electrons. The topological polar surface area (TPSA) is 66.9 Å². The predicted molar refractivity (Wildman–Crippen MR) is 126 cm³/mol. The second-order valence-electron chi connectivity index (χ2n) is 8.77. The maximum Gasteiger partial charge on any atom is 0.337 e. The lowest BCUT2D eigenvalue weighted by atomic mass is 9.85. The highest BCUT2D eigenvalue weighted by molar-refractivity contribution is 6.13. The average Bonchev–Trinajstić information content (AvgIpc) is 3.09. The summed E-state index contributed by atoms with van der Waals surface area (Å²) >= 11 is 0. The summed E-state index contributed by atoms with van der Waals surface area (Å²) in [5.74, 6) is -0.745. The summed E-state index contributed by atoms with van der Waals surface area (Å²) in [4.78, 5) is 41.4. The highest BCUT2D eigenvalue weighted by atomic mass is 16.5. The third-order valence-corrected chi connectivity index (χ3v) is 6.74. The lowest BCUT2D eigenvalue weighted by Gasteiger charge is -2.28. The molecule has 2 aliphatic heterocycles. The van der Waals surface area contributed by atoms with Crippen molar-refractivity contribution in [3.05, 3.63) is 75.9 Å². The second kappa shape index (κ2) is 8.45. The number of ether oxygens (including phenoxy) is 1. The Morgan fingerprint density at radius 2 is 1.55 bits per heavy atom. The molecule has 2 aromatic carbocycles. The lowest BCUT2D eigenvalue weighted by Crippen LogP contribution is -2.28. The number of methoxy groups -OCH3 is 1. The van der Waals surface area contributed by atoms with E-state index in [0.29, 0.717) is 11.3 Å². The predicted octanol–water partition coefficient (Wildman–Crippen LogP) is 3.96. The van der Waals surface area contributed by atoms with Crippen molar-refractivity contribution in [2.24, 2.45) is 0 Å². The molecule has 168 valence electrons. The van der Waals surface area contributed by atoms with E-state index in [2.05, 4.69) is 18.0 Å². The van der Waals surface area contributed by atoms with Gasteiger partial charge in [-0.1, -0.05) is 35.9 Å². The molecule has 3 aliphatic rings. The van der Waals surface area contributed by atoms with Gasteiger partial charge in [-0.25, -0.2) is 9.69 Å². The van der Waals surface area contributed by atoms with E-state index in [-0.39, 0.29) is 24.7 Å². The highest BCUT2D eigenvalue weighted by Crippen LogP contribution is 2.43. The molecule has 2 fully saturated rings. The Bertz CT molecular complexity index is 1210. The van der Waals surface area contributed by atoms with Crippen molar-refractivity contribution >= 4 is 35.1 Å². The number of rotatable bonds is 2. The molecule has 5 rings (SSSR count). The number of nitrogens with zero attached hydrogens (tertiary/aromatic N) is 2. The minimum atomic E-state index is -0.392. The van der Waals surface area contributed by atoms with Crippen LogP contribution in [0, 0.1) is 0 Å². The minimum absolute atomic E-state index is 0.177. The van der Waals surface area contributed by atoms with Gasteiger partial charge in [-0.15, -0.1) is 0 Å². The summed E-state index contributed by atoms with van der Waals surface area (Å²) in [5, 5.41) is 0. The fourth-order valence-electron chi connectivity index (χ4n) is 4.99. The highest BCUT2D eigenvalue weighted by Gasteiger charge is 2.35. The SMILES string of the molecule is COC(=O)c1ccc2c(c1)C(=C1CCN(C)CC1)c1ccccc1C(N1C(=O)CCC1=O)=C2. The van der Waals surface area contributed by atoms with Gasteiger partial charge in [-0.3, -0.25) is 9.59 Å². The van der Waals surface area contributed by atoms with Gasteiger partial charge in [0.25, 0.3) is 0 Å². The van der Waals surface area contributed by atoms with E-state index in [1.807, 2.05) is 36.4 Å². The van der Waals surface area contributed by atoms with Crippen molar-refractivity contribution in [3.63, 3.8) is 0 Å². The van der Waals surface area contributed by atoms with Crippen molar-refractivity contribution in [3.8, 4) is 0 Å². The van der Waals surface area contributed by atoms with Gasteiger partial charge < -0.3 is 9.64 Å². The van der Waals surface area contributed by atoms with Crippen molar-refractivity contribution < 1.29 is 19.1 Å². The van der Waals surface area contributed by atoms with Gasteiger partial charge in [0.15, 0.2) is 0 Å². The molecule has 33 heavy (non-hydrogen) atoms. The lowest BCUT2D eigenvalue weighted by molar-refractivity contribution is -0.134. The van der Waals surface area contributed by atoms with E-state index < -0.39 is 5.97 Å². The van der Waals surface area contributed by atoms with Crippen LogP contribution in [-0.4, -0.2) is 54.8 Å². The normalized spacial score (nSPS) is 18.6. The zero-order valence-corrected chi connectivity index (χ0v) is 18.9. The van der Waals surface area contributed by atoms with Gasteiger partial charge in [0, 0.05) is 31.5 Å². The van der Waals surface area contributed by atoms with Crippen LogP contribution in [-0.2, 0) is 14.3 Å². The maximum atomic E-state index is 12.7. The molecular formula is C27H26N2O4. The molecule has 2 saturated heterocycles. The number of hydrogen-bond acceptors (Lipinski definition) is 5. The maximum absolute atomic E-state index is 12.7. The van der Waals surface area contributed by atoms with Gasteiger partial charge in [0.2, 0.25) is 11.8 Å². The van der Waals surface area contributed by atoms with Crippen molar-refractivity contribution in [2.45, 2.75) is 25.7 Å². The molecule has 6 heteroatoms. The van der Waals surface area contributed by atoms with Gasteiger partial charge in [0.1, 0.15) is 0 Å². The first-order valence-corrected chi connectivity index (χ1v) is 11.3. The van der Waals surface area contributed by atoms with Gasteiger partial charge in [-0.05, 0) is 60.4 Å². The molecule has 0 N–H and O–H groups in total. The number of carbonyl (C=O) groups is 3. The minimum Gasteiger partial charge on any atom is -0.465 e. The first-order valence-electron chi connectivity index (χ1n) is 11.3. The molecule has 0 unspecified atom stereocenters. The number of piperidine rings is 1. The summed E-state index contributed by atoms with van der Waals surface area (Å²) in [6.45, 7) is 1.91. The van der Waals surface area contributed by atoms with Crippen LogP contribution in [0.5, 0.6) is 0 Å². The Labute approximate surface area is 193 Å². The fraction of sp³-hybridized carbons (Fsp3) is 0.296. The number of amides is 2. The van der Waals surface area contributed by atoms with Crippen LogP contribution in [0.4, 0.5) is 0 Å². The van der Waals surface area contributed by atoms with Crippen molar-refractivity contribution in [1.82, 2.24) is 9.80 Å². The summed E-state index contributed by atoms with van der Waals surface area (Å²) in [6.07, 6.45) is 4.20. The largest absolute Gasteiger partial charge is 0.465 e. The monoisotopic (exact) mass is 442 g/mol. The quantitative estimate of drug-likeness (QED) is 0.520. The second-order valence-corrected chi connectivity index (χ2v) is 8.77. The standard InChI is InChI=1S/C27H26N2O4/c1-28-13-11-17(12-14-28)26-21-6-4-3-5-20(21)23(29-24(30)9-10-25(29)31)16-18-7-8-19(15-22(18)26)27(32)33-2/h3-8,15-16H,9-14H2,1-2H3. The molecule has 0 atom stereocenters. The Morgan fingerprint density at radius 1 is 0.879 bits per heavy atom. The number of fused-ring (bicyclic) bond motifs is 2. The number of benzene rings is 2. The van der Waals surface area contributed by atoms with E-state index in [1.54, 1.807) is 6.07 Å². The smallest absolute Gasteiger partial charge is 0.337 e. The Balaban J connectivity index is 1.80. The molecule has 6 nitrogen and oxygen atoms in total. The zero-order chi connectivity index (χ0) is 23.1. The van der Waals surface area contributed by atoms with E-state index in [1.165, 1.54) is 17.6 Å². The third kappa shape index (κ3) is 3.70. The Hall–Kier alpha value is -3.51. The molecule has 2 aromatic rings. The van der Waals surface area contributed by atoms with Crippen LogP contribution in [0.2, 0.25) is 0 Å². The summed E-state index contributed by atoms with van der Waals surface area (Å²) in [5.41, 5.74) is 7.14. The number of esters is 1. The van der Waals surface area contributed by atoms with E-state index >= 15 is 0 Å². The van der Waals surface area contributed by atoms with Crippen LogP contribution in [0.15, 0.2) is 48.0 Å². The number of hydrogen-bond donors (Lipinski definition) is 0. The summed E-state index contributed by atoms with van der Waals surface area (Å²) in [6, 6.07) is 13.4. The van der Waals surface area contributed by atoms with Crippen LogP contribution in [0.3, 0.4) is 0 Å².